The zero-order valence-corrected chi connectivity index (χ0v) is 24.5. The molecule has 1 aromatic heterocycles. The molecule has 214 valence electrons. The summed E-state index contributed by atoms with van der Waals surface area (Å²) in [7, 11) is -6.60. The molecule has 0 unspecified atom stereocenters. The molecule has 3 saturated heterocycles. The zero-order chi connectivity index (χ0) is 28.0. The van der Waals surface area contributed by atoms with Gasteiger partial charge in [0, 0.05) is 87.3 Å². The average molecular weight is 600 g/mol. The Bertz CT molecular complexity index is 1440. The first-order valence-electron chi connectivity index (χ1n) is 12.8. The smallest absolute Gasteiger partial charge is 0.344 e. The predicted molar refractivity (Wildman–Crippen MR) is 150 cm³/mol. The number of nitrogens with one attached hydrogen (secondary N) is 1. The molecule has 1 amide bonds. The summed E-state index contributed by atoms with van der Waals surface area (Å²) in [6.07, 6.45) is 5.65. The minimum atomic E-state index is -3.47. The molecule has 1 spiro atoms. The van der Waals surface area contributed by atoms with Gasteiger partial charge in [-0.15, -0.1) is 5.10 Å². The van der Waals surface area contributed by atoms with Crippen molar-refractivity contribution >= 4 is 49.2 Å². The van der Waals surface area contributed by atoms with Gasteiger partial charge in [-0.3, -0.25) is 9.62 Å². The Morgan fingerprint density at radius 1 is 1.00 bits per heavy atom. The molecule has 0 bridgehead atoms. The van der Waals surface area contributed by atoms with Crippen LogP contribution in [0.3, 0.4) is 0 Å². The van der Waals surface area contributed by atoms with E-state index in [1.165, 1.54) is 24.1 Å². The van der Waals surface area contributed by atoms with E-state index in [0.717, 1.165) is 49.1 Å². The van der Waals surface area contributed by atoms with E-state index in [2.05, 4.69) is 25.7 Å². The van der Waals surface area contributed by atoms with Crippen molar-refractivity contribution in [2.45, 2.75) is 19.4 Å². The molecule has 4 heterocycles. The van der Waals surface area contributed by atoms with Gasteiger partial charge in [-0.25, -0.2) is 25.9 Å². The summed E-state index contributed by atoms with van der Waals surface area (Å²) in [6.45, 7) is 6.09. The van der Waals surface area contributed by atoms with Gasteiger partial charge in [0.05, 0.1) is 12.5 Å². The Kier molecular flexibility index (Phi) is 7.61. The lowest BCUT2D eigenvalue weighted by Crippen LogP contribution is -2.61. The first-order chi connectivity index (χ1) is 18.3. The highest BCUT2D eigenvalue weighted by atomic mass is 35.5. The van der Waals surface area contributed by atoms with Gasteiger partial charge in [-0.2, -0.15) is 4.68 Å². The Morgan fingerprint density at radius 3 is 2.28 bits per heavy atom. The molecule has 3 aliphatic rings. The maximum Gasteiger partial charge on any atom is 0.344 e. The van der Waals surface area contributed by atoms with Crippen LogP contribution in [0, 0.1) is 5.41 Å². The largest absolute Gasteiger partial charge is 0.371 e. The van der Waals surface area contributed by atoms with Crippen LogP contribution in [0.5, 0.6) is 0 Å². The first-order valence-corrected chi connectivity index (χ1v) is 17.0. The first kappa shape index (κ1) is 28.1. The topological polar surface area (TPSA) is 128 Å². The minimum Gasteiger partial charge on any atom is -0.371 e. The van der Waals surface area contributed by atoms with Crippen LogP contribution in [0.25, 0.3) is 0 Å². The molecule has 3 fully saturated rings. The fourth-order valence-electron chi connectivity index (χ4n) is 5.60. The van der Waals surface area contributed by atoms with Crippen molar-refractivity contribution in [1.82, 2.24) is 23.9 Å². The molecular formula is C24H34ClN7O5S2. The van der Waals surface area contributed by atoms with Crippen LogP contribution in [0.1, 0.15) is 18.4 Å². The standard InChI is InChI=1S/C24H34ClN7O5S2/c1-38(34,35)27-22-5-8-32(26-22)23(33)30-13-11-28(12-14-30)16-19-3-4-20(25)15-21(19)29-9-6-24(7-10-29)17-31(18-24)39(2,36)37/h3-5,8,15H,6-7,9-14,16-18H2,1-2H3,(H,26,27). The fourth-order valence-corrected chi connectivity index (χ4v) is 7.27. The van der Waals surface area contributed by atoms with E-state index < -0.39 is 20.0 Å². The van der Waals surface area contributed by atoms with Gasteiger partial charge in [-0.1, -0.05) is 17.7 Å². The van der Waals surface area contributed by atoms with Crippen LogP contribution in [0.2, 0.25) is 5.02 Å². The van der Waals surface area contributed by atoms with E-state index in [4.69, 9.17) is 11.6 Å². The quantitative estimate of drug-likeness (QED) is 0.530. The Labute approximate surface area is 234 Å². The third kappa shape index (κ3) is 6.51. The Morgan fingerprint density at radius 2 is 1.67 bits per heavy atom. The van der Waals surface area contributed by atoms with Crippen LogP contribution in [-0.2, 0) is 26.6 Å². The molecule has 0 radical (unpaired) electrons. The van der Waals surface area contributed by atoms with Crippen LogP contribution < -0.4 is 9.62 Å². The highest BCUT2D eigenvalue weighted by molar-refractivity contribution is 7.92. The van der Waals surface area contributed by atoms with Crippen molar-refractivity contribution in [3.05, 3.63) is 41.0 Å². The molecule has 0 aliphatic carbocycles. The summed E-state index contributed by atoms with van der Waals surface area (Å²) < 4.78 is 51.4. The SMILES string of the molecule is CS(=O)(=O)Nc1ccn(C(=O)N2CCN(Cc3ccc(Cl)cc3N3CCC4(CC3)CN(S(C)(=O)=O)C4)CC2)n1. The molecule has 2 aromatic rings. The number of hydrogen-bond donors (Lipinski definition) is 1. The van der Waals surface area contributed by atoms with Gasteiger partial charge < -0.3 is 9.80 Å². The van der Waals surface area contributed by atoms with E-state index in [-0.39, 0.29) is 17.3 Å². The van der Waals surface area contributed by atoms with Crippen molar-refractivity contribution < 1.29 is 21.6 Å². The van der Waals surface area contributed by atoms with Crippen molar-refractivity contribution in [3.63, 3.8) is 0 Å². The molecule has 3 aliphatic heterocycles. The van der Waals surface area contributed by atoms with E-state index in [0.29, 0.717) is 44.3 Å². The lowest BCUT2D eigenvalue weighted by atomic mass is 9.73. The van der Waals surface area contributed by atoms with E-state index >= 15 is 0 Å². The molecule has 1 aromatic carbocycles. The summed E-state index contributed by atoms with van der Waals surface area (Å²) in [4.78, 5) is 19.2. The van der Waals surface area contributed by atoms with Crippen molar-refractivity contribution in [2.75, 3.05) is 74.5 Å². The average Bonchev–Trinajstić information content (AvgIpc) is 3.30. The second-order valence-electron chi connectivity index (χ2n) is 10.9. The summed E-state index contributed by atoms with van der Waals surface area (Å²) in [6, 6.07) is 7.14. The summed E-state index contributed by atoms with van der Waals surface area (Å²) >= 11 is 6.39. The molecule has 0 saturated carbocycles. The monoisotopic (exact) mass is 599 g/mol. The zero-order valence-electron chi connectivity index (χ0n) is 22.1. The summed E-state index contributed by atoms with van der Waals surface area (Å²) in [5.41, 5.74) is 2.36. The van der Waals surface area contributed by atoms with Gasteiger partial charge in [0.15, 0.2) is 5.82 Å². The number of carbonyl (C=O) groups excluding carboxylic acids is 1. The molecule has 12 nitrogen and oxygen atoms in total. The molecule has 15 heteroatoms. The number of hydrogen-bond acceptors (Lipinski definition) is 8. The number of carbonyl (C=O) groups is 1. The highest BCUT2D eigenvalue weighted by Gasteiger charge is 2.48. The number of anilines is 2. The number of piperazine rings is 1. The van der Waals surface area contributed by atoms with Gasteiger partial charge >= 0.3 is 6.03 Å². The Balaban J connectivity index is 1.17. The maximum atomic E-state index is 12.9. The predicted octanol–water partition coefficient (Wildman–Crippen LogP) is 1.56. The van der Waals surface area contributed by atoms with Crippen LogP contribution in [-0.4, -0.2) is 112 Å². The Hall–Kier alpha value is -2.39. The third-order valence-corrected chi connectivity index (χ3v) is 9.83. The van der Waals surface area contributed by atoms with Gasteiger partial charge in [0.1, 0.15) is 0 Å². The van der Waals surface area contributed by atoms with Crippen LogP contribution in [0.15, 0.2) is 30.5 Å². The number of nitrogens with zero attached hydrogens (tertiary/aromatic N) is 6. The van der Waals surface area contributed by atoms with Crippen LogP contribution in [0.4, 0.5) is 16.3 Å². The molecule has 39 heavy (non-hydrogen) atoms. The molecule has 5 rings (SSSR count). The van der Waals surface area contributed by atoms with E-state index in [1.807, 2.05) is 12.1 Å². The molecule has 1 N–H and O–H groups in total. The number of piperidine rings is 1. The lowest BCUT2D eigenvalue weighted by Gasteiger charge is -2.53. The highest BCUT2D eigenvalue weighted by Crippen LogP contribution is 2.43. The maximum absolute atomic E-state index is 12.9. The van der Waals surface area contributed by atoms with Crippen molar-refractivity contribution in [2.24, 2.45) is 5.41 Å². The van der Waals surface area contributed by atoms with E-state index in [1.54, 1.807) is 9.21 Å². The number of amides is 1. The van der Waals surface area contributed by atoms with Crippen molar-refractivity contribution in [1.29, 1.82) is 0 Å². The van der Waals surface area contributed by atoms with Crippen LogP contribution >= 0.6 is 11.6 Å². The minimum absolute atomic E-state index is 0.0807. The second-order valence-corrected chi connectivity index (χ2v) is 15.0. The number of benzene rings is 1. The summed E-state index contributed by atoms with van der Waals surface area (Å²) in [5.74, 6) is 0.105. The number of rotatable bonds is 6. The number of halogens is 1. The summed E-state index contributed by atoms with van der Waals surface area (Å²) in [5, 5.41) is 4.72. The number of sulfonamides is 2. The van der Waals surface area contributed by atoms with Gasteiger partial charge in [-0.05, 0) is 30.5 Å². The second kappa shape index (κ2) is 10.5. The third-order valence-electron chi connectivity index (χ3n) is 7.82. The lowest BCUT2D eigenvalue weighted by molar-refractivity contribution is 0.0442. The molecular weight excluding hydrogens is 566 g/mol. The fraction of sp³-hybridized carbons (Fsp3) is 0.583. The van der Waals surface area contributed by atoms with Gasteiger partial charge in [0.2, 0.25) is 20.0 Å². The van der Waals surface area contributed by atoms with Crippen molar-refractivity contribution in [3.8, 4) is 0 Å². The number of aromatic nitrogens is 2. The molecule has 0 atom stereocenters. The van der Waals surface area contributed by atoms with E-state index in [9.17, 15) is 21.6 Å². The van der Waals surface area contributed by atoms with Gasteiger partial charge in [0.25, 0.3) is 0 Å². The normalized spacial score (nSPS) is 20.7.